The Balaban J connectivity index is 1.89. The number of halogens is 2. The maximum Gasteiger partial charge on any atom is 0.345 e. The lowest BCUT2D eigenvalue weighted by Gasteiger charge is -2.04. The lowest BCUT2D eigenvalue weighted by Crippen LogP contribution is -1.96. The molecule has 0 unspecified atom stereocenters. The first-order valence-electron chi connectivity index (χ1n) is 7.35. The van der Waals surface area contributed by atoms with Gasteiger partial charge in [0.1, 0.15) is 5.76 Å². The van der Waals surface area contributed by atoms with Gasteiger partial charge in [-0.2, -0.15) is 0 Å². The number of esters is 1. The first-order chi connectivity index (χ1) is 12.1. The van der Waals surface area contributed by atoms with E-state index < -0.39 is 0 Å². The number of rotatable bonds is 3. The van der Waals surface area contributed by atoms with Crippen LogP contribution in [0.4, 0.5) is 0 Å². The van der Waals surface area contributed by atoms with Crippen LogP contribution in [0.5, 0.6) is 0 Å². The quantitative estimate of drug-likeness (QED) is 0.458. The zero-order valence-corrected chi connectivity index (χ0v) is 15.8. The third-order valence-corrected chi connectivity index (χ3v) is 6.19. The van der Waals surface area contributed by atoms with Crippen molar-refractivity contribution in [2.24, 2.45) is 0 Å². The monoisotopic (exact) mass is 404 g/mol. The van der Waals surface area contributed by atoms with E-state index in [1.54, 1.807) is 23.5 Å². The molecule has 0 fully saturated rings. The Morgan fingerprint density at radius 3 is 2.16 bits per heavy atom. The lowest BCUT2D eigenvalue weighted by molar-refractivity contribution is -0.131. The number of allylic oxidation sites excluding steroid dienone is 1. The standard InChI is InChI=1S/C19H10Cl2O2S2/c20-12-6-5-11(9-13(12)21)10-14-17(15-3-1-7-24-15)18(19(22)23-14)16-4-2-8-25-16/h1-10H/b14-10-. The number of ether oxygens (including phenoxy) is 1. The van der Waals surface area contributed by atoms with E-state index in [4.69, 9.17) is 27.9 Å². The first kappa shape index (κ1) is 16.6. The van der Waals surface area contributed by atoms with Crippen molar-refractivity contribution in [2.75, 3.05) is 0 Å². The molecule has 0 N–H and O–H groups in total. The maximum atomic E-state index is 12.5. The molecule has 1 aromatic carbocycles. The fraction of sp³-hybridized carbons (Fsp3) is 0. The molecule has 0 amide bonds. The number of carbonyl (C=O) groups is 1. The van der Waals surface area contributed by atoms with Crippen molar-refractivity contribution >= 4 is 69.1 Å². The van der Waals surface area contributed by atoms with Crippen LogP contribution < -0.4 is 0 Å². The predicted octanol–water partition coefficient (Wildman–Crippen LogP) is 6.63. The molecule has 2 nitrogen and oxygen atoms in total. The van der Waals surface area contributed by atoms with E-state index in [2.05, 4.69) is 0 Å². The molecule has 0 aliphatic carbocycles. The van der Waals surface area contributed by atoms with Crippen molar-refractivity contribution < 1.29 is 9.53 Å². The summed E-state index contributed by atoms with van der Waals surface area (Å²) in [6, 6.07) is 13.1. The Morgan fingerprint density at radius 1 is 0.880 bits per heavy atom. The Bertz CT molecular complexity index is 1000. The molecule has 0 radical (unpaired) electrons. The Morgan fingerprint density at radius 2 is 1.56 bits per heavy atom. The second-order valence-corrected chi connectivity index (χ2v) is 7.99. The van der Waals surface area contributed by atoms with Gasteiger partial charge in [0, 0.05) is 9.75 Å². The van der Waals surface area contributed by atoms with Gasteiger partial charge in [-0.05, 0) is 46.7 Å². The third kappa shape index (κ3) is 3.18. The second-order valence-electron chi connectivity index (χ2n) is 5.28. The maximum absolute atomic E-state index is 12.5. The van der Waals surface area contributed by atoms with Gasteiger partial charge in [0.05, 0.1) is 21.2 Å². The van der Waals surface area contributed by atoms with Crippen LogP contribution in [0.25, 0.3) is 17.2 Å². The number of thiophene rings is 2. The molecule has 4 rings (SSSR count). The molecule has 2 aromatic heterocycles. The fourth-order valence-corrected chi connectivity index (χ4v) is 4.44. The molecule has 1 aliphatic rings. The molecule has 3 heterocycles. The van der Waals surface area contributed by atoms with Gasteiger partial charge < -0.3 is 4.74 Å². The molecule has 0 spiro atoms. The molecule has 124 valence electrons. The minimum Gasteiger partial charge on any atom is -0.422 e. The largest absolute Gasteiger partial charge is 0.422 e. The topological polar surface area (TPSA) is 26.3 Å². The molecule has 6 heteroatoms. The van der Waals surface area contributed by atoms with Crippen molar-refractivity contribution in [1.29, 1.82) is 0 Å². The van der Waals surface area contributed by atoms with Gasteiger partial charge in [0.15, 0.2) is 0 Å². The number of carbonyl (C=O) groups excluding carboxylic acids is 1. The summed E-state index contributed by atoms with van der Waals surface area (Å²) in [5, 5.41) is 4.87. The van der Waals surface area contributed by atoms with Crippen molar-refractivity contribution in [2.45, 2.75) is 0 Å². The zero-order chi connectivity index (χ0) is 17.4. The number of cyclic esters (lactones) is 1. The first-order valence-corrected chi connectivity index (χ1v) is 9.86. The smallest absolute Gasteiger partial charge is 0.345 e. The number of hydrogen-bond donors (Lipinski definition) is 0. The van der Waals surface area contributed by atoms with Crippen LogP contribution in [0.15, 0.2) is 59.0 Å². The molecule has 1 aliphatic heterocycles. The summed E-state index contributed by atoms with van der Waals surface area (Å²) < 4.78 is 5.59. The summed E-state index contributed by atoms with van der Waals surface area (Å²) in [6.45, 7) is 0. The van der Waals surface area contributed by atoms with Crippen LogP contribution in [0.2, 0.25) is 10.0 Å². The van der Waals surface area contributed by atoms with Gasteiger partial charge >= 0.3 is 5.97 Å². The van der Waals surface area contributed by atoms with Gasteiger partial charge in [0.25, 0.3) is 0 Å². The highest BCUT2D eigenvalue weighted by Crippen LogP contribution is 2.43. The molecule has 25 heavy (non-hydrogen) atoms. The van der Waals surface area contributed by atoms with Gasteiger partial charge in [-0.1, -0.05) is 41.4 Å². The van der Waals surface area contributed by atoms with Gasteiger partial charge in [0.2, 0.25) is 0 Å². The highest BCUT2D eigenvalue weighted by molar-refractivity contribution is 7.12. The van der Waals surface area contributed by atoms with Crippen LogP contribution in [0, 0.1) is 0 Å². The van der Waals surface area contributed by atoms with Crippen molar-refractivity contribution in [3.8, 4) is 0 Å². The minimum absolute atomic E-state index is 0.336. The average Bonchev–Trinajstić information content (AvgIpc) is 3.31. The van der Waals surface area contributed by atoms with Crippen LogP contribution in [-0.2, 0) is 9.53 Å². The summed E-state index contributed by atoms with van der Waals surface area (Å²) in [5.41, 5.74) is 2.23. The van der Waals surface area contributed by atoms with Crippen LogP contribution >= 0.6 is 45.9 Å². The van der Waals surface area contributed by atoms with E-state index in [0.717, 1.165) is 20.9 Å². The molecule has 0 saturated heterocycles. The molecular formula is C19H10Cl2O2S2. The summed E-state index contributed by atoms with van der Waals surface area (Å²) in [7, 11) is 0. The van der Waals surface area contributed by atoms with Crippen molar-refractivity contribution in [3.63, 3.8) is 0 Å². The SMILES string of the molecule is O=C1O/C(=C\c2ccc(Cl)c(Cl)c2)C(c2cccs2)=C1c1cccs1. The summed E-state index contributed by atoms with van der Waals surface area (Å²) >= 11 is 15.2. The van der Waals surface area contributed by atoms with Gasteiger partial charge in [-0.25, -0.2) is 4.79 Å². The van der Waals surface area contributed by atoms with E-state index in [-0.39, 0.29) is 5.97 Å². The van der Waals surface area contributed by atoms with Gasteiger partial charge in [-0.3, -0.25) is 0 Å². The number of hydrogen-bond acceptors (Lipinski definition) is 4. The molecule has 0 atom stereocenters. The van der Waals surface area contributed by atoms with E-state index in [9.17, 15) is 4.79 Å². The Hall–Kier alpha value is -1.85. The molecule has 3 aromatic rings. The highest BCUT2D eigenvalue weighted by atomic mass is 35.5. The van der Waals surface area contributed by atoms with Crippen LogP contribution in [-0.4, -0.2) is 5.97 Å². The predicted molar refractivity (Wildman–Crippen MR) is 106 cm³/mol. The fourth-order valence-electron chi connectivity index (χ4n) is 2.59. The van der Waals surface area contributed by atoms with Crippen LogP contribution in [0.3, 0.4) is 0 Å². The average molecular weight is 405 g/mol. The Kier molecular flexibility index (Phi) is 4.52. The molecule has 0 bridgehead atoms. The van der Waals surface area contributed by atoms with Crippen LogP contribution in [0.1, 0.15) is 15.3 Å². The summed E-state index contributed by atoms with van der Waals surface area (Å²) in [6.07, 6.45) is 1.82. The molecular weight excluding hydrogens is 395 g/mol. The third-order valence-electron chi connectivity index (χ3n) is 3.68. The van der Waals surface area contributed by atoms with E-state index in [1.807, 2.05) is 47.2 Å². The molecule has 0 saturated carbocycles. The van der Waals surface area contributed by atoms with E-state index in [0.29, 0.717) is 21.4 Å². The van der Waals surface area contributed by atoms with Gasteiger partial charge in [-0.15, -0.1) is 22.7 Å². The summed E-state index contributed by atoms with van der Waals surface area (Å²) in [4.78, 5) is 14.4. The Labute approximate surface area is 162 Å². The van der Waals surface area contributed by atoms with Crippen molar-refractivity contribution in [3.05, 3.63) is 84.3 Å². The zero-order valence-electron chi connectivity index (χ0n) is 12.7. The van der Waals surface area contributed by atoms with E-state index >= 15 is 0 Å². The second kappa shape index (κ2) is 6.81. The summed E-state index contributed by atoms with van der Waals surface area (Å²) in [5.74, 6) is 0.186. The highest BCUT2D eigenvalue weighted by Gasteiger charge is 2.33. The lowest BCUT2D eigenvalue weighted by atomic mass is 10.0. The van der Waals surface area contributed by atoms with Crippen molar-refractivity contribution in [1.82, 2.24) is 0 Å². The minimum atomic E-state index is -0.336. The normalized spacial score (nSPS) is 15.9. The number of benzene rings is 1. The van der Waals surface area contributed by atoms with E-state index in [1.165, 1.54) is 11.3 Å².